The molecule has 1 aliphatic heterocycles. The molecule has 23 heavy (non-hydrogen) atoms. The number of alkyl halides is 6. The summed E-state index contributed by atoms with van der Waals surface area (Å²) in [7, 11) is 0. The lowest BCUT2D eigenvalue weighted by atomic mass is 9.90. The molecule has 3 nitrogen and oxygen atoms in total. The summed E-state index contributed by atoms with van der Waals surface area (Å²) in [6, 6.07) is 3.69. The van der Waals surface area contributed by atoms with Crippen LogP contribution in [-0.2, 0) is 6.18 Å². The van der Waals surface area contributed by atoms with Gasteiger partial charge in [0, 0.05) is 31.5 Å². The summed E-state index contributed by atoms with van der Waals surface area (Å²) >= 11 is 0. The second-order valence-electron chi connectivity index (χ2n) is 5.40. The minimum atomic E-state index is -4.81. The predicted octanol–water partition coefficient (Wildman–Crippen LogP) is 3.23. The van der Waals surface area contributed by atoms with Crippen molar-refractivity contribution in [2.24, 2.45) is 0 Å². The van der Waals surface area contributed by atoms with Crippen LogP contribution in [-0.4, -0.2) is 40.8 Å². The molecule has 0 saturated carbocycles. The number of carbonyl (C=O) groups is 1. The summed E-state index contributed by atoms with van der Waals surface area (Å²) in [5, 5.41) is 9.52. The van der Waals surface area contributed by atoms with E-state index in [-0.39, 0.29) is 18.7 Å². The lowest BCUT2D eigenvalue weighted by Crippen LogP contribution is -2.54. The number of aliphatic hydroxyl groups is 1. The molecule has 1 heterocycles. The maximum Gasteiger partial charge on any atom is 0.417 e. The molecule has 2 rings (SSSR count). The molecule has 1 amide bonds. The number of amides is 1. The topological polar surface area (TPSA) is 40.5 Å². The number of rotatable bonds is 1. The first kappa shape index (κ1) is 17.6. The highest BCUT2D eigenvalue weighted by Gasteiger charge is 2.54. The molecule has 9 heteroatoms. The summed E-state index contributed by atoms with van der Waals surface area (Å²) in [6.07, 6.45) is -10.8. The van der Waals surface area contributed by atoms with E-state index < -0.39 is 42.3 Å². The number of likely N-dealkylation sites (tertiary alicyclic amines) is 1. The third-order valence-electron chi connectivity index (χ3n) is 3.84. The normalized spacial score (nSPS) is 18.8. The van der Waals surface area contributed by atoms with Gasteiger partial charge in [-0.15, -0.1) is 0 Å². The molecule has 1 saturated heterocycles. The molecule has 1 fully saturated rings. The molecule has 128 valence electrons. The molecule has 1 aromatic rings. The number of hydrogen-bond donors (Lipinski definition) is 1. The van der Waals surface area contributed by atoms with Gasteiger partial charge in [-0.1, -0.05) is 6.07 Å². The van der Waals surface area contributed by atoms with Gasteiger partial charge in [0.15, 0.2) is 5.60 Å². The molecule has 0 atom stereocenters. The fourth-order valence-electron chi connectivity index (χ4n) is 2.37. The fraction of sp³-hybridized carbons (Fsp3) is 0.500. The van der Waals surface area contributed by atoms with E-state index >= 15 is 0 Å². The van der Waals surface area contributed by atoms with Crippen molar-refractivity contribution in [3.05, 3.63) is 35.4 Å². The Bertz CT molecular complexity index is 588. The van der Waals surface area contributed by atoms with Crippen molar-refractivity contribution in [3.63, 3.8) is 0 Å². The van der Waals surface area contributed by atoms with Crippen LogP contribution in [0.15, 0.2) is 24.3 Å². The van der Waals surface area contributed by atoms with E-state index in [9.17, 15) is 36.2 Å². The van der Waals surface area contributed by atoms with Crippen molar-refractivity contribution in [1.82, 2.24) is 4.90 Å². The lowest BCUT2D eigenvalue weighted by molar-refractivity contribution is -0.271. The molecule has 1 aliphatic rings. The maximum atomic E-state index is 12.7. The third-order valence-corrected chi connectivity index (χ3v) is 3.84. The van der Waals surface area contributed by atoms with Crippen LogP contribution in [0.2, 0.25) is 0 Å². The highest BCUT2D eigenvalue weighted by atomic mass is 19.4. The van der Waals surface area contributed by atoms with Crippen molar-refractivity contribution in [3.8, 4) is 0 Å². The molecule has 1 N–H and O–H groups in total. The van der Waals surface area contributed by atoms with Crippen LogP contribution in [0.5, 0.6) is 0 Å². The van der Waals surface area contributed by atoms with Crippen LogP contribution in [0.3, 0.4) is 0 Å². The Morgan fingerprint density at radius 3 is 2.13 bits per heavy atom. The van der Waals surface area contributed by atoms with Gasteiger partial charge in [0.05, 0.1) is 5.56 Å². The van der Waals surface area contributed by atoms with E-state index in [0.717, 1.165) is 17.0 Å². The Morgan fingerprint density at radius 2 is 1.65 bits per heavy atom. The summed E-state index contributed by atoms with van der Waals surface area (Å²) in [4.78, 5) is 13.1. The molecule has 0 spiro atoms. The first-order valence-corrected chi connectivity index (χ1v) is 6.70. The largest absolute Gasteiger partial charge is 0.417 e. The van der Waals surface area contributed by atoms with Gasteiger partial charge in [0.2, 0.25) is 0 Å². The van der Waals surface area contributed by atoms with Crippen LogP contribution < -0.4 is 0 Å². The maximum absolute atomic E-state index is 12.7. The molecule has 0 aromatic heterocycles. The Morgan fingerprint density at radius 1 is 1.09 bits per heavy atom. The van der Waals surface area contributed by atoms with Gasteiger partial charge in [-0.05, 0) is 18.2 Å². The number of benzene rings is 1. The van der Waals surface area contributed by atoms with E-state index in [4.69, 9.17) is 0 Å². The fourth-order valence-corrected chi connectivity index (χ4v) is 2.37. The van der Waals surface area contributed by atoms with Crippen LogP contribution in [0.1, 0.15) is 28.8 Å². The van der Waals surface area contributed by atoms with Crippen molar-refractivity contribution in [2.75, 3.05) is 13.1 Å². The molecule has 0 radical (unpaired) electrons. The van der Waals surface area contributed by atoms with Crippen LogP contribution in [0.4, 0.5) is 26.3 Å². The standard InChI is InChI=1S/C14H13F6NO2/c15-13(16,17)10-3-1-2-9(8-10)11(22)21-6-4-12(23,5-7-21)14(18,19)20/h1-3,8,23H,4-7H2. The Balaban J connectivity index is 2.12. The number of halogens is 6. The summed E-state index contributed by atoms with van der Waals surface area (Å²) < 4.78 is 75.9. The zero-order chi connectivity index (χ0) is 17.5. The second kappa shape index (κ2) is 5.70. The Hall–Kier alpha value is -1.77. The highest BCUT2D eigenvalue weighted by molar-refractivity contribution is 5.94. The SMILES string of the molecule is O=C(c1cccc(C(F)(F)F)c1)N1CCC(O)(C(F)(F)F)CC1. The quantitative estimate of drug-likeness (QED) is 0.797. The van der Waals surface area contributed by atoms with Gasteiger partial charge in [-0.2, -0.15) is 26.3 Å². The van der Waals surface area contributed by atoms with E-state index in [0.29, 0.717) is 6.07 Å². The minimum absolute atomic E-state index is 0.253. The Labute approximate surface area is 127 Å². The van der Waals surface area contributed by atoms with Gasteiger partial charge in [-0.25, -0.2) is 0 Å². The number of nitrogens with zero attached hydrogens (tertiary/aromatic N) is 1. The molecule has 1 aromatic carbocycles. The van der Waals surface area contributed by atoms with Crippen molar-refractivity contribution in [1.29, 1.82) is 0 Å². The highest BCUT2D eigenvalue weighted by Crippen LogP contribution is 2.38. The summed E-state index contributed by atoms with van der Waals surface area (Å²) in [5.74, 6) is -0.791. The van der Waals surface area contributed by atoms with Gasteiger partial charge in [0.1, 0.15) is 0 Å². The lowest BCUT2D eigenvalue weighted by Gasteiger charge is -2.39. The van der Waals surface area contributed by atoms with E-state index in [2.05, 4.69) is 0 Å². The summed E-state index contributed by atoms with van der Waals surface area (Å²) in [6.45, 7) is -0.768. The summed E-state index contributed by atoms with van der Waals surface area (Å²) in [5.41, 5.74) is -4.12. The first-order chi connectivity index (χ1) is 10.4. The van der Waals surface area contributed by atoms with E-state index in [1.807, 2.05) is 0 Å². The smallest absolute Gasteiger partial charge is 0.380 e. The first-order valence-electron chi connectivity index (χ1n) is 6.70. The molecule has 0 aliphatic carbocycles. The average molecular weight is 341 g/mol. The van der Waals surface area contributed by atoms with Crippen LogP contribution in [0.25, 0.3) is 0 Å². The van der Waals surface area contributed by atoms with Crippen LogP contribution >= 0.6 is 0 Å². The average Bonchev–Trinajstić information content (AvgIpc) is 2.45. The van der Waals surface area contributed by atoms with Gasteiger partial charge < -0.3 is 10.0 Å². The van der Waals surface area contributed by atoms with E-state index in [1.54, 1.807) is 0 Å². The Kier molecular flexibility index (Phi) is 4.36. The number of carbonyl (C=O) groups excluding carboxylic acids is 1. The molecule has 0 unspecified atom stereocenters. The van der Waals surface area contributed by atoms with Crippen molar-refractivity contribution >= 4 is 5.91 Å². The molecule has 0 bridgehead atoms. The number of piperidine rings is 1. The zero-order valence-electron chi connectivity index (χ0n) is 11.7. The molecular formula is C14H13F6NO2. The number of hydrogen-bond acceptors (Lipinski definition) is 2. The third kappa shape index (κ3) is 3.60. The van der Waals surface area contributed by atoms with Crippen molar-refractivity contribution < 1.29 is 36.2 Å². The van der Waals surface area contributed by atoms with Gasteiger partial charge >= 0.3 is 12.4 Å². The van der Waals surface area contributed by atoms with E-state index in [1.165, 1.54) is 6.07 Å². The monoisotopic (exact) mass is 341 g/mol. The molecular weight excluding hydrogens is 328 g/mol. The van der Waals surface area contributed by atoms with Gasteiger partial charge in [-0.3, -0.25) is 4.79 Å². The predicted molar refractivity (Wildman–Crippen MR) is 67.6 cm³/mol. The second-order valence-corrected chi connectivity index (χ2v) is 5.40. The van der Waals surface area contributed by atoms with Crippen LogP contribution in [0, 0.1) is 0 Å². The van der Waals surface area contributed by atoms with Gasteiger partial charge in [0.25, 0.3) is 5.91 Å². The zero-order valence-corrected chi connectivity index (χ0v) is 11.7. The minimum Gasteiger partial charge on any atom is -0.380 e. The van der Waals surface area contributed by atoms with Crippen molar-refractivity contribution in [2.45, 2.75) is 30.8 Å².